The molecule has 144 valence electrons. The highest BCUT2D eigenvalue weighted by atomic mass is 32.1. The minimum Gasteiger partial charge on any atom is -0.494 e. The van der Waals surface area contributed by atoms with Crippen LogP contribution in [0.1, 0.15) is 45.1 Å². The number of rotatable bonds is 4. The second-order valence-corrected chi connectivity index (χ2v) is 7.33. The number of benzene rings is 1. The average molecular weight is 400 g/mol. The maximum atomic E-state index is 13.9. The highest BCUT2D eigenvalue weighted by Crippen LogP contribution is 2.31. The number of aromatic nitrogens is 1. The summed E-state index contributed by atoms with van der Waals surface area (Å²) in [7, 11) is 1.40. The number of ether oxygens (including phenoxy) is 1. The van der Waals surface area contributed by atoms with Gasteiger partial charge in [-0.2, -0.15) is 0 Å². The van der Waals surface area contributed by atoms with E-state index >= 15 is 0 Å². The summed E-state index contributed by atoms with van der Waals surface area (Å²) < 4.78 is 24.5. The van der Waals surface area contributed by atoms with Crippen molar-refractivity contribution in [2.45, 2.75) is 26.2 Å². The van der Waals surface area contributed by atoms with E-state index in [1.807, 2.05) is 0 Å². The molecule has 1 N–H and O–H groups in total. The summed E-state index contributed by atoms with van der Waals surface area (Å²) in [4.78, 5) is 29.0. The molecule has 0 saturated heterocycles. The molecule has 0 aliphatic heterocycles. The number of Topliss-reactive ketones (excluding diaryl/α,β-unsaturated/α-hetero) is 1. The fraction of sp³-hybridized carbons (Fsp3) is 0.250. The maximum absolute atomic E-state index is 13.9. The van der Waals surface area contributed by atoms with Gasteiger partial charge in [-0.1, -0.05) is 0 Å². The van der Waals surface area contributed by atoms with Crippen molar-refractivity contribution < 1.29 is 23.1 Å². The monoisotopic (exact) mass is 400 g/mol. The maximum Gasteiger partial charge on any atom is 0.293 e. The van der Waals surface area contributed by atoms with E-state index in [-0.39, 0.29) is 17.3 Å². The molecule has 4 rings (SSSR count). The Kier molecular flexibility index (Phi) is 4.72. The molecule has 3 aromatic rings. The number of carbonyl (C=O) groups is 2. The molecule has 28 heavy (non-hydrogen) atoms. The Balaban J connectivity index is 1.55. The molecule has 0 fully saturated rings. The Hall–Kier alpha value is -3.00. The lowest BCUT2D eigenvalue weighted by Gasteiger charge is -2.07. The van der Waals surface area contributed by atoms with E-state index in [1.54, 1.807) is 18.4 Å². The van der Waals surface area contributed by atoms with Crippen LogP contribution in [0.3, 0.4) is 0 Å². The van der Waals surface area contributed by atoms with Crippen LogP contribution in [0.25, 0.3) is 11.3 Å². The number of amides is 1. The van der Waals surface area contributed by atoms with Crippen LogP contribution < -0.4 is 10.1 Å². The highest BCUT2D eigenvalue weighted by Gasteiger charge is 2.29. The minimum absolute atomic E-state index is 0.0135. The SMILES string of the molecule is COc1ccc(-c2csc(NC(=O)c3oc4c(c3C)C(=O)CCC4)n2)cc1F. The van der Waals surface area contributed by atoms with Gasteiger partial charge in [-0.15, -0.1) is 11.3 Å². The lowest BCUT2D eigenvalue weighted by atomic mass is 9.94. The van der Waals surface area contributed by atoms with E-state index in [1.165, 1.54) is 30.6 Å². The molecule has 0 saturated carbocycles. The summed E-state index contributed by atoms with van der Waals surface area (Å²) >= 11 is 1.22. The Morgan fingerprint density at radius 1 is 1.36 bits per heavy atom. The number of carbonyl (C=O) groups excluding carboxylic acids is 2. The first kappa shape index (κ1) is 18.4. The standard InChI is InChI=1S/C20H17FN2O4S/c1-10-17-14(24)4-3-5-16(17)27-18(10)19(25)23-20-22-13(9-28-20)11-6-7-15(26-2)12(21)8-11/h6-9H,3-5H2,1-2H3,(H,22,23,25). The van der Waals surface area contributed by atoms with E-state index in [0.29, 0.717) is 46.1 Å². The van der Waals surface area contributed by atoms with Crippen molar-refractivity contribution in [1.29, 1.82) is 0 Å². The van der Waals surface area contributed by atoms with Crippen molar-refractivity contribution >= 4 is 28.2 Å². The first-order chi connectivity index (χ1) is 13.5. The predicted molar refractivity (Wildman–Crippen MR) is 103 cm³/mol. The third-order valence-corrected chi connectivity index (χ3v) is 5.44. The van der Waals surface area contributed by atoms with Crippen LogP contribution >= 0.6 is 11.3 Å². The lowest BCUT2D eigenvalue weighted by molar-refractivity contribution is 0.0963. The lowest BCUT2D eigenvalue weighted by Crippen LogP contribution is -2.13. The topological polar surface area (TPSA) is 81.4 Å². The molecule has 0 bridgehead atoms. The summed E-state index contributed by atoms with van der Waals surface area (Å²) in [5.41, 5.74) is 2.20. The van der Waals surface area contributed by atoms with Crippen LogP contribution in [-0.4, -0.2) is 23.8 Å². The van der Waals surface area contributed by atoms with Crippen LogP contribution in [-0.2, 0) is 6.42 Å². The number of halogens is 1. The summed E-state index contributed by atoms with van der Waals surface area (Å²) in [6.45, 7) is 1.72. The van der Waals surface area contributed by atoms with Gasteiger partial charge < -0.3 is 9.15 Å². The van der Waals surface area contributed by atoms with Crippen LogP contribution in [0.5, 0.6) is 5.75 Å². The van der Waals surface area contributed by atoms with Crippen LogP contribution in [0, 0.1) is 12.7 Å². The molecular weight excluding hydrogens is 383 g/mol. The van der Waals surface area contributed by atoms with Crippen molar-refractivity contribution in [3.05, 3.63) is 52.0 Å². The first-order valence-electron chi connectivity index (χ1n) is 8.74. The summed E-state index contributed by atoms with van der Waals surface area (Å²) in [5, 5.41) is 4.78. The zero-order valence-corrected chi connectivity index (χ0v) is 16.1. The van der Waals surface area contributed by atoms with Crippen molar-refractivity contribution in [3.8, 4) is 17.0 Å². The highest BCUT2D eigenvalue weighted by molar-refractivity contribution is 7.14. The number of furan rings is 1. The molecule has 1 amide bonds. The van der Waals surface area contributed by atoms with Crippen molar-refractivity contribution in [1.82, 2.24) is 4.98 Å². The predicted octanol–water partition coefficient (Wildman–Crippen LogP) is 4.63. The minimum atomic E-state index is -0.486. The number of thiazole rings is 1. The third kappa shape index (κ3) is 3.20. The van der Waals surface area contributed by atoms with Gasteiger partial charge in [0.2, 0.25) is 0 Å². The first-order valence-corrected chi connectivity index (χ1v) is 9.62. The fourth-order valence-corrected chi connectivity index (χ4v) is 4.02. The molecule has 0 unspecified atom stereocenters. The Morgan fingerprint density at radius 3 is 2.89 bits per heavy atom. The largest absolute Gasteiger partial charge is 0.494 e. The number of ketones is 1. The van der Waals surface area contributed by atoms with Crippen molar-refractivity contribution in [3.63, 3.8) is 0 Å². The van der Waals surface area contributed by atoms with Crippen molar-refractivity contribution in [2.75, 3.05) is 12.4 Å². The van der Waals surface area contributed by atoms with Crippen LogP contribution in [0.4, 0.5) is 9.52 Å². The molecular formula is C20H17FN2O4S. The quantitative estimate of drug-likeness (QED) is 0.690. The number of hydrogen-bond donors (Lipinski definition) is 1. The fourth-order valence-electron chi connectivity index (χ4n) is 3.31. The van der Waals surface area contributed by atoms with Gasteiger partial charge in [-0.05, 0) is 31.5 Å². The smallest absolute Gasteiger partial charge is 0.293 e. The van der Waals surface area contributed by atoms with Gasteiger partial charge in [0.05, 0.1) is 18.4 Å². The Morgan fingerprint density at radius 2 is 2.18 bits per heavy atom. The zero-order chi connectivity index (χ0) is 19.8. The number of anilines is 1. The van der Waals surface area contributed by atoms with Gasteiger partial charge in [0.1, 0.15) is 5.76 Å². The van der Waals surface area contributed by atoms with Crippen molar-refractivity contribution in [2.24, 2.45) is 0 Å². The van der Waals surface area contributed by atoms with Gasteiger partial charge in [-0.25, -0.2) is 9.37 Å². The summed E-state index contributed by atoms with van der Waals surface area (Å²) in [6, 6.07) is 4.55. The Labute approximate surface area is 164 Å². The number of methoxy groups -OCH3 is 1. The molecule has 0 radical (unpaired) electrons. The van der Waals surface area contributed by atoms with Crippen LogP contribution in [0.2, 0.25) is 0 Å². The summed E-state index contributed by atoms with van der Waals surface area (Å²) in [5.74, 6) is -0.0691. The molecule has 8 heteroatoms. The van der Waals surface area contributed by atoms with E-state index in [0.717, 1.165) is 6.42 Å². The number of hydrogen-bond acceptors (Lipinski definition) is 6. The van der Waals surface area contributed by atoms with Gasteiger partial charge in [-0.3, -0.25) is 14.9 Å². The second kappa shape index (κ2) is 7.20. The second-order valence-electron chi connectivity index (χ2n) is 6.47. The van der Waals surface area contributed by atoms with E-state index in [2.05, 4.69) is 10.3 Å². The molecule has 6 nitrogen and oxygen atoms in total. The Bertz CT molecular complexity index is 1090. The number of nitrogens with zero attached hydrogens (tertiary/aromatic N) is 1. The number of aryl methyl sites for hydroxylation is 1. The van der Waals surface area contributed by atoms with Crippen LogP contribution in [0.15, 0.2) is 28.0 Å². The number of nitrogens with one attached hydrogen (secondary N) is 1. The number of fused-ring (bicyclic) bond motifs is 1. The third-order valence-electron chi connectivity index (χ3n) is 4.68. The molecule has 0 spiro atoms. The zero-order valence-electron chi connectivity index (χ0n) is 15.3. The summed E-state index contributed by atoms with van der Waals surface area (Å²) in [6.07, 6.45) is 1.86. The molecule has 2 heterocycles. The van der Waals surface area contributed by atoms with Gasteiger partial charge in [0.25, 0.3) is 5.91 Å². The molecule has 1 aliphatic rings. The molecule has 1 aromatic carbocycles. The molecule has 2 aromatic heterocycles. The average Bonchev–Trinajstić information content (AvgIpc) is 3.27. The van der Waals surface area contributed by atoms with E-state index < -0.39 is 11.7 Å². The molecule has 0 atom stereocenters. The van der Waals surface area contributed by atoms with Gasteiger partial charge in [0, 0.05) is 29.3 Å². The molecule has 1 aliphatic carbocycles. The normalized spacial score (nSPS) is 13.3. The van der Waals surface area contributed by atoms with E-state index in [9.17, 15) is 14.0 Å². The van der Waals surface area contributed by atoms with E-state index in [4.69, 9.17) is 9.15 Å². The van der Waals surface area contributed by atoms with Gasteiger partial charge >= 0.3 is 0 Å². The van der Waals surface area contributed by atoms with Gasteiger partial charge in [0.15, 0.2) is 28.2 Å².